The minimum Gasteiger partial charge on any atom is -0.389 e. The van der Waals surface area contributed by atoms with Gasteiger partial charge in [0.1, 0.15) is 12.1 Å². The van der Waals surface area contributed by atoms with Gasteiger partial charge in [-0.25, -0.2) is 9.97 Å². The number of aromatic nitrogens is 2. The summed E-state index contributed by atoms with van der Waals surface area (Å²) in [4.78, 5) is 13.0. The molecule has 3 rings (SSSR count). The quantitative estimate of drug-likeness (QED) is 0.901. The predicted molar refractivity (Wildman–Crippen MR) is 78.7 cm³/mol. The zero-order chi connectivity index (χ0) is 13.8. The Bertz CT molecular complexity index is 411. The molecule has 0 bridgehead atoms. The summed E-state index contributed by atoms with van der Waals surface area (Å²) in [5.74, 6) is 1.01. The van der Waals surface area contributed by atoms with Crippen molar-refractivity contribution in [1.29, 1.82) is 0 Å². The zero-order valence-corrected chi connectivity index (χ0v) is 12.0. The fraction of sp³-hybridized carbons (Fsp3) is 0.733. The van der Waals surface area contributed by atoms with E-state index in [0.717, 1.165) is 51.4 Å². The van der Waals surface area contributed by atoms with E-state index in [1.54, 1.807) is 12.5 Å². The van der Waals surface area contributed by atoms with Crippen molar-refractivity contribution in [3.8, 4) is 0 Å². The molecular formula is C15H24N4O. The monoisotopic (exact) mass is 276 g/mol. The average Bonchev–Trinajstić information content (AvgIpc) is 2.49. The van der Waals surface area contributed by atoms with Gasteiger partial charge in [0.15, 0.2) is 0 Å². The minimum atomic E-state index is -0.435. The van der Waals surface area contributed by atoms with E-state index >= 15 is 0 Å². The molecule has 1 aromatic heterocycles. The SMILES string of the molecule is OC1(CN2CCN(c3ccncn3)CC2)CCCCC1. The number of nitrogens with zero attached hydrogens (tertiary/aromatic N) is 4. The number of anilines is 1. The van der Waals surface area contributed by atoms with E-state index in [1.807, 2.05) is 6.07 Å². The van der Waals surface area contributed by atoms with Gasteiger partial charge in [0, 0.05) is 38.9 Å². The molecule has 2 heterocycles. The van der Waals surface area contributed by atoms with Crippen LogP contribution in [0.2, 0.25) is 0 Å². The molecule has 5 heteroatoms. The molecule has 20 heavy (non-hydrogen) atoms. The van der Waals surface area contributed by atoms with E-state index in [0.29, 0.717) is 0 Å². The Morgan fingerprint density at radius 3 is 2.50 bits per heavy atom. The first kappa shape index (κ1) is 13.8. The highest BCUT2D eigenvalue weighted by Crippen LogP contribution is 2.29. The first-order valence-corrected chi connectivity index (χ1v) is 7.71. The highest BCUT2D eigenvalue weighted by molar-refractivity contribution is 5.36. The second-order valence-corrected chi connectivity index (χ2v) is 6.12. The fourth-order valence-corrected chi connectivity index (χ4v) is 3.39. The molecular weight excluding hydrogens is 252 g/mol. The van der Waals surface area contributed by atoms with Crippen LogP contribution < -0.4 is 4.90 Å². The van der Waals surface area contributed by atoms with E-state index in [1.165, 1.54) is 19.3 Å². The van der Waals surface area contributed by atoms with Crippen LogP contribution in [0.25, 0.3) is 0 Å². The van der Waals surface area contributed by atoms with Crippen LogP contribution in [-0.4, -0.2) is 58.3 Å². The number of rotatable bonds is 3. The molecule has 110 valence electrons. The maximum Gasteiger partial charge on any atom is 0.131 e. The van der Waals surface area contributed by atoms with Crippen LogP contribution in [0.4, 0.5) is 5.82 Å². The molecule has 2 aliphatic rings. The summed E-state index contributed by atoms with van der Waals surface area (Å²) in [7, 11) is 0. The van der Waals surface area contributed by atoms with Gasteiger partial charge in [-0.05, 0) is 18.9 Å². The number of piperazine rings is 1. The fourth-order valence-electron chi connectivity index (χ4n) is 3.39. The Kier molecular flexibility index (Phi) is 4.17. The summed E-state index contributed by atoms with van der Waals surface area (Å²) < 4.78 is 0. The van der Waals surface area contributed by atoms with Crippen molar-refractivity contribution in [2.45, 2.75) is 37.7 Å². The number of aliphatic hydroxyl groups is 1. The van der Waals surface area contributed by atoms with Gasteiger partial charge in [-0.3, -0.25) is 4.90 Å². The summed E-state index contributed by atoms with van der Waals surface area (Å²) in [6, 6.07) is 1.96. The molecule has 0 amide bonds. The maximum atomic E-state index is 10.6. The van der Waals surface area contributed by atoms with Crippen molar-refractivity contribution < 1.29 is 5.11 Å². The van der Waals surface area contributed by atoms with Gasteiger partial charge in [-0.1, -0.05) is 19.3 Å². The number of hydrogen-bond donors (Lipinski definition) is 1. The van der Waals surface area contributed by atoms with Crippen LogP contribution in [0.3, 0.4) is 0 Å². The Morgan fingerprint density at radius 1 is 1.10 bits per heavy atom. The third kappa shape index (κ3) is 3.27. The topological polar surface area (TPSA) is 52.5 Å². The summed E-state index contributed by atoms with van der Waals surface area (Å²) in [5, 5.41) is 10.6. The largest absolute Gasteiger partial charge is 0.389 e. The van der Waals surface area contributed by atoms with Crippen molar-refractivity contribution >= 4 is 5.82 Å². The Balaban J connectivity index is 1.51. The zero-order valence-electron chi connectivity index (χ0n) is 12.0. The van der Waals surface area contributed by atoms with Gasteiger partial charge in [0.05, 0.1) is 5.60 Å². The lowest BCUT2D eigenvalue weighted by atomic mass is 9.84. The molecule has 0 unspecified atom stereocenters. The van der Waals surface area contributed by atoms with Crippen LogP contribution >= 0.6 is 0 Å². The van der Waals surface area contributed by atoms with Crippen molar-refractivity contribution in [3.05, 3.63) is 18.6 Å². The van der Waals surface area contributed by atoms with Crippen molar-refractivity contribution in [1.82, 2.24) is 14.9 Å². The van der Waals surface area contributed by atoms with Crippen molar-refractivity contribution in [2.24, 2.45) is 0 Å². The van der Waals surface area contributed by atoms with E-state index < -0.39 is 5.60 Å². The second-order valence-electron chi connectivity index (χ2n) is 6.12. The van der Waals surface area contributed by atoms with Gasteiger partial charge in [-0.15, -0.1) is 0 Å². The molecule has 1 aliphatic heterocycles. The Labute approximate surface area is 120 Å². The number of hydrogen-bond acceptors (Lipinski definition) is 5. The van der Waals surface area contributed by atoms with Gasteiger partial charge in [0.25, 0.3) is 0 Å². The lowest BCUT2D eigenvalue weighted by Gasteiger charge is -2.41. The number of β-amino-alcohol motifs (C(OH)–C–C–N with tert-alkyl or cyclic N) is 1. The van der Waals surface area contributed by atoms with E-state index in [-0.39, 0.29) is 0 Å². The van der Waals surface area contributed by atoms with Crippen molar-refractivity contribution in [2.75, 3.05) is 37.6 Å². The van der Waals surface area contributed by atoms with E-state index in [2.05, 4.69) is 19.8 Å². The lowest BCUT2D eigenvalue weighted by Crippen LogP contribution is -2.52. The molecule has 1 saturated heterocycles. The molecule has 5 nitrogen and oxygen atoms in total. The molecule has 0 aromatic carbocycles. The van der Waals surface area contributed by atoms with Crippen LogP contribution in [0.15, 0.2) is 18.6 Å². The maximum absolute atomic E-state index is 10.6. The van der Waals surface area contributed by atoms with Crippen LogP contribution in [0.5, 0.6) is 0 Å². The standard InChI is InChI=1S/C15H24N4O/c20-15(5-2-1-3-6-15)12-18-8-10-19(11-9-18)14-4-7-16-13-17-14/h4,7,13,20H,1-3,5-6,8-12H2. The van der Waals surface area contributed by atoms with Crippen LogP contribution in [0, 0.1) is 0 Å². The predicted octanol–water partition coefficient (Wildman–Crippen LogP) is 1.29. The second kappa shape index (κ2) is 6.06. The molecule has 2 fully saturated rings. The highest BCUT2D eigenvalue weighted by atomic mass is 16.3. The summed E-state index contributed by atoms with van der Waals surface area (Å²) >= 11 is 0. The lowest BCUT2D eigenvalue weighted by molar-refractivity contribution is -0.0271. The van der Waals surface area contributed by atoms with Gasteiger partial charge < -0.3 is 10.0 Å². The molecule has 1 aliphatic carbocycles. The summed E-state index contributed by atoms with van der Waals surface area (Å²) in [6.07, 6.45) is 8.97. The minimum absolute atomic E-state index is 0.435. The van der Waals surface area contributed by atoms with Gasteiger partial charge in [0.2, 0.25) is 0 Å². The molecule has 1 N–H and O–H groups in total. The normalized spacial score (nSPS) is 23.8. The first-order valence-electron chi connectivity index (χ1n) is 7.71. The summed E-state index contributed by atoms with van der Waals surface area (Å²) in [6.45, 7) is 4.81. The molecule has 1 saturated carbocycles. The van der Waals surface area contributed by atoms with Crippen molar-refractivity contribution in [3.63, 3.8) is 0 Å². The van der Waals surface area contributed by atoms with Crippen LogP contribution in [-0.2, 0) is 0 Å². The van der Waals surface area contributed by atoms with E-state index in [9.17, 15) is 5.11 Å². The van der Waals surface area contributed by atoms with Gasteiger partial charge >= 0.3 is 0 Å². The molecule has 1 aromatic rings. The Morgan fingerprint density at radius 2 is 1.85 bits per heavy atom. The third-order valence-corrected chi connectivity index (χ3v) is 4.56. The van der Waals surface area contributed by atoms with Crippen LogP contribution in [0.1, 0.15) is 32.1 Å². The first-order chi connectivity index (χ1) is 9.75. The van der Waals surface area contributed by atoms with E-state index in [4.69, 9.17) is 0 Å². The molecule has 0 spiro atoms. The Hall–Kier alpha value is -1.20. The van der Waals surface area contributed by atoms with Gasteiger partial charge in [-0.2, -0.15) is 0 Å². The molecule has 0 atom stereocenters. The average molecular weight is 276 g/mol. The molecule has 0 radical (unpaired) electrons. The summed E-state index contributed by atoms with van der Waals surface area (Å²) in [5.41, 5.74) is -0.435. The smallest absolute Gasteiger partial charge is 0.131 e. The highest BCUT2D eigenvalue weighted by Gasteiger charge is 2.32. The third-order valence-electron chi connectivity index (χ3n) is 4.56.